The first kappa shape index (κ1) is 76.8. The Morgan fingerprint density at radius 2 is 0.900 bits per heavy atom. The highest BCUT2D eigenvalue weighted by Gasteiger charge is 2.42. The van der Waals surface area contributed by atoms with Crippen LogP contribution in [-0.2, 0) is 77.9 Å². The van der Waals surface area contributed by atoms with Crippen molar-refractivity contribution in [2.24, 2.45) is 0 Å². The Labute approximate surface area is 633 Å². The summed E-state index contributed by atoms with van der Waals surface area (Å²) < 4.78 is 68.3. The summed E-state index contributed by atoms with van der Waals surface area (Å²) in [6, 6.07) is 22.8. The lowest BCUT2D eigenvalue weighted by molar-refractivity contribution is 0.0229. The number of fused-ring (bicyclic) bond motifs is 6. The van der Waals surface area contributed by atoms with Gasteiger partial charge in [-0.15, -0.1) is 0 Å². The predicted octanol–water partition coefficient (Wildman–Crippen LogP) is 12.8. The monoisotopic (exact) mass is 1520 g/mol. The van der Waals surface area contributed by atoms with Crippen molar-refractivity contribution in [3.8, 4) is 63.4 Å². The molecule has 7 amide bonds. The zero-order valence-electron chi connectivity index (χ0n) is 61.7. The minimum absolute atomic E-state index is 0.00660. The van der Waals surface area contributed by atoms with Gasteiger partial charge in [-0.1, -0.05) is 29.8 Å². The van der Waals surface area contributed by atoms with Crippen LogP contribution in [0.1, 0.15) is 182 Å². The van der Waals surface area contributed by atoms with E-state index in [0.29, 0.717) is 54.5 Å². The van der Waals surface area contributed by atoms with E-state index in [1.807, 2.05) is 45.2 Å². The number of pyridine rings is 3. The summed E-state index contributed by atoms with van der Waals surface area (Å²) in [5, 5.41) is 50.2. The van der Waals surface area contributed by atoms with Crippen molar-refractivity contribution in [1.82, 2.24) is 74.9 Å². The van der Waals surface area contributed by atoms with Crippen LogP contribution in [0.3, 0.4) is 0 Å². The van der Waals surface area contributed by atoms with Gasteiger partial charge in [0.25, 0.3) is 17.7 Å². The summed E-state index contributed by atoms with van der Waals surface area (Å²) in [5.41, 5.74) is 6.02. The second kappa shape index (κ2) is 29.7. The number of nitrogens with zero attached hydrogens (tertiary/aromatic N) is 15. The molecule has 110 heavy (non-hydrogen) atoms. The van der Waals surface area contributed by atoms with Crippen LogP contribution >= 0.6 is 11.6 Å². The number of ether oxygens (including phenoxy) is 4. The summed E-state index contributed by atoms with van der Waals surface area (Å²) in [5.74, 6) is -3.32. The smallest absolute Gasteiger partial charge is 0.417 e. The van der Waals surface area contributed by atoms with Gasteiger partial charge >= 0.3 is 24.4 Å². The summed E-state index contributed by atoms with van der Waals surface area (Å²) in [4.78, 5) is 106. The van der Waals surface area contributed by atoms with Crippen LogP contribution in [-0.4, -0.2) is 129 Å². The van der Waals surface area contributed by atoms with Crippen LogP contribution in [0.25, 0.3) is 45.1 Å². The van der Waals surface area contributed by atoms with E-state index in [1.165, 1.54) is 70.2 Å². The molecular formula is C77H72ClF3N18O11. The highest BCUT2D eigenvalue weighted by Crippen LogP contribution is 2.39. The van der Waals surface area contributed by atoms with Gasteiger partial charge < -0.3 is 29.6 Å². The van der Waals surface area contributed by atoms with Gasteiger partial charge in [0, 0.05) is 42.2 Å². The highest BCUT2D eigenvalue weighted by atomic mass is 35.5. The lowest BCUT2D eigenvalue weighted by Gasteiger charge is -2.24. The van der Waals surface area contributed by atoms with Crippen LogP contribution in [0, 0.1) is 51.4 Å². The number of nitriles is 3. The van der Waals surface area contributed by atoms with Gasteiger partial charge in [0.1, 0.15) is 39.9 Å². The minimum atomic E-state index is -0.842. The molecule has 6 aliphatic rings. The SMILES string of the molecule is CC(C)(C)OC(=O)N1Cc2cn(-c3cc(-c4c(F)cccc4C#N)nc4c3C(=O)N(C(=O)OC(C)(C)C)C4)nc2C1.CC(C)(C)OC(=O)N1Cc2cn[nH]c2C1.CC(C)(C)OC(=O)N1Cc2nc(-c3c(F)cccc3C#N)cc(Cl)c2C1=O.N#Cc1cccc(F)c1-c1cc(-n2cc3c(n2)CNC3)c2c(n1)CNC2=O. The Kier molecular flexibility index (Phi) is 20.7. The molecule has 0 unspecified atom stereocenters. The number of H-pyrrole nitrogens is 1. The Hall–Kier alpha value is -12.9. The van der Waals surface area contributed by atoms with Gasteiger partial charge in [0.15, 0.2) is 0 Å². The Bertz CT molecular complexity index is 5390. The van der Waals surface area contributed by atoms with Crippen LogP contribution in [0.2, 0.25) is 5.02 Å². The third kappa shape index (κ3) is 16.2. The van der Waals surface area contributed by atoms with E-state index in [9.17, 15) is 58.1 Å². The topological polar surface area (TPSA) is 368 Å². The summed E-state index contributed by atoms with van der Waals surface area (Å²) in [6.45, 7) is 23.9. The molecule has 0 radical (unpaired) electrons. The second-order valence-electron chi connectivity index (χ2n) is 30.0. The first-order chi connectivity index (χ1) is 51.9. The molecule has 0 bridgehead atoms. The van der Waals surface area contributed by atoms with Crippen molar-refractivity contribution < 1.29 is 65.7 Å². The van der Waals surface area contributed by atoms with Gasteiger partial charge in [-0.05, 0) is 138 Å². The maximum absolute atomic E-state index is 15.0. The number of nitrogens with one attached hydrogen (secondary N) is 3. The lowest BCUT2D eigenvalue weighted by Crippen LogP contribution is -2.37. The summed E-state index contributed by atoms with van der Waals surface area (Å²) in [7, 11) is 0. The number of hydrogen-bond donors (Lipinski definition) is 3. The molecule has 0 saturated carbocycles. The molecule has 15 rings (SSSR count). The van der Waals surface area contributed by atoms with E-state index in [1.54, 1.807) is 96.4 Å². The van der Waals surface area contributed by atoms with Crippen molar-refractivity contribution in [2.45, 2.75) is 164 Å². The molecule has 0 aliphatic carbocycles. The number of aromatic amines is 1. The lowest BCUT2D eigenvalue weighted by atomic mass is 10.0. The van der Waals surface area contributed by atoms with Crippen molar-refractivity contribution >= 4 is 53.7 Å². The molecule has 9 aromatic rings. The van der Waals surface area contributed by atoms with Gasteiger partial charge in [0.05, 0.1) is 188 Å². The van der Waals surface area contributed by atoms with Crippen LogP contribution in [0.5, 0.6) is 0 Å². The molecule has 0 saturated heterocycles. The zero-order chi connectivity index (χ0) is 79.4. The van der Waals surface area contributed by atoms with Gasteiger partial charge in [0.2, 0.25) is 0 Å². The average molecular weight is 1520 g/mol. The number of amides is 7. The maximum atomic E-state index is 15.0. The van der Waals surface area contributed by atoms with E-state index in [0.717, 1.165) is 37.9 Å². The molecule has 29 nitrogen and oxygen atoms in total. The number of carbonyl (C=O) groups excluding carboxylic acids is 7. The Morgan fingerprint density at radius 1 is 0.473 bits per heavy atom. The van der Waals surface area contributed by atoms with Crippen LogP contribution in [0.15, 0.2) is 91.4 Å². The molecule has 3 N–H and O–H groups in total. The first-order valence-corrected chi connectivity index (χ1v) is 34.8. The summed E-state index contributed by atoms with van der Waals surface area (Å²) in [6.07, 6.45) is 2.90. The van der Waals surface area contributed by atoms with Crippen molar-refractivity contribution in [1.29, 1.82) is 15.8 Å². The van der Waals surface area contributed by atoms with Crippen molar-refractivity contribution in [2.75, 3.05) is 0 Å². The molecule has 0 fully saturated rings. The van der Waals surface area contributed by atoms with Crippen molar-refractivity contribution in [3.63, 3.8) is 0 Å². The average Bonchev–Trinajstić information content (AvgIpc) is 1.58. The fraction of sp³-hybridized carbons (Fsp3) is 0.325. The quantitative estimate of drug-likeness (QED) is 0.135. The fourth-order valence-corrected chi connectivity index (χ4v) is 12.8. The van der Waals surface area contributed by atoms with Gasteiger partial charge in [-0.2, -0.15) is 31.1 Å². The normalized spacial score (nSPS) is 14.4. The van der Waals surface area contributed by atoms with E-state index in [4.69, 9.17) is 30.5 Å². The van der Waals surface area contributed by atoms with E-state index in [-0.39, 0.29) is 123 Å². The van der Waals surface area contributed by atoms with E-state index >= 15 is 4.39 Å². The molecule has 0 atom stereocenters. The molecular weight excluding hydrogens is 1450 g/mol. The van der Waals surface area contributed by atoms with Crippen molar-refractivity contribution in [3.05, 3.63) is 198 Å². The number of carbonyl (C=O) groups is 7. The second-order valence-corrected chi connectivity index (χ2v) is 30.4. The first-order valence-electron chi connectivity index (χ1n) is 34.4. The predicted molar refractivity (Wildman–Crippen MR) is 386 cm³/mol. The molecule has 6 aromatic heterocycles. The Balaban J connectivity index is 0.000000144. The number of imide groups is 2. The molecule has 3 aromatic carbocycles. The number of benzene rings is 3. The fourth-order valence-electron chi connectivity index (χ4n) is 12.5. The third-order valence-electron chi connectivity index (χ3n) is 17.1. The highest BCUT2D eigenvalue weighted by molar-refractivity contribution is 6.35. The third-order valence-corrected chi connectivity index (χ3v) is 17.4. The standard InChI is InChI=1S/C29H29FN6O5.C19H15ClFN3O3.C19H13FN6O.C10H15N3O2/c1-28(2,3)40-26(38)34-12-17-13-36(33-20(17)14-34)22-10-19(23-16(11-31)8-7-9-18(23)30)32-21-15-35(25(37)24(21)22)27(39)41-29(4,5)6;1-19(2,3)27-18(26)24-9-14-16(17(24)25)11(20)7-13(23-14)15-10(8-22)5-4-6-12(15)21;20-12-3-1-2-10(5-21)17(12)13-4-16(18-15(24-13)8-23-19(18)27)26-9-11-6-22-7-14(11)25-26;1-10(2,3)15-9(14)13-5-7-4-11-12-8(7)6-13/h7-10,13H,12,14-15H2,1-6H3;4-7H,9H2,1-3H3;1-4,9,22H,6-8H2,(H,23,27);4H,5-6H2,1-3H3,(H,11,12). The van der Waals surface area contributed by atoms with Crippen LogP contribution in [0.4, 0.5) is 32.3 Å². The molecule has 33 heteroatoms. The van der Waals surface area contributed by atoms with Gasteiger partial charge in [-0.25, -0.2) is 66.5 Å². The number of halogens is 4. The minimum Gasteiger partial charge on any atom is -0.444 e. The Morgan fingerprint density at radius 3 is 1.37 bits per heavy atom. The molecule has 564 valence electrons. The summed E-state index contributed by atoms with van der Waals surface area (Å²) >= 11 is 6.23. The van der Waals surface area contributed by atoms with E-state index in [2.05, 4.69) is 46.0 Å². The number of aromatic nitrogens is 9. The van der Waals surface area contributed by atoms with Crippen LogP contribution < -0.4 is 10.6 Å². The molecule has 12 heterocycles. The maximum Gasteiger partial charge on any atom is 0.417 e. The zero-order valence-corrected chi connectivity index (χ0v) is 62.5. The number of hydrogen-bond acceptors (Lipinski definition) is 21. The van der Waals surface area contributed by atoms with E-state index < -0.39 is 69.9 Å². The number of rotatable bonds is 5. The van der Waals surface area contributed by atoms with Gasteiger partial charge in [-0.3, -0.25) is 29.3 Å². The largest absolute Gasteiger partial charge is 0.444 e. The molecule has 0 spiro atoms. The molecule has 6 aliphatic heterocycles.